The molecule has 132 valence electrons. The van der Waals surface area contributed by atoms with Gasteiger partial charge in [0, 0.05) is 36.2 Å². The van der Waals surface area contributed by atoms with E-state index in [1.165, 1.54) is 27.2 Å². The quantitative estimate of drug-likeness (QED) is 0.798. The molecule has 0 saturated heterocycles. The molecule has 0 aromatic carbocycles. The zero-order chi connectivity index (χ0) is 17.8. The molecule has 0 fully saturated rings. The van der Waals surface area contributed by atoms with Gasteiger partial charge in [0.2, 0.25) is 11.8 Å². The van der Waals surface area contributed by atoms with Gasteiger partial charge in [0.05, 0.1) is 6.54 Å². The fourth-order valence-electron chi connectivity index (χ4n) is 2.59. The predicted octanol–water partition coefficient (Wildman–Crippen LogP) is 1.88. The fourth-order valence-corrected chi connectivity index (χ4v) is 4.19. The Labute approximate surface area is 152 Å². The summed E-state index contributed by atoms with van der Waals surface area (Å²) in [5.41, 5.74) is 1.18. The number of amides is 2. The molecule has 0 radical (unpaired) electrons. The van der Waals surface area contributed by atoms with E-state index in [1.54, 1.807) is 16.2 Å². The number of hydrogen-bond donors (Lipinski definition) is 2. The van der Waals surface area contributed by atoms with Crippen molar-refractivity contribution in [2.24, 2.45) is 0 Å². The second-order valence-corrected chi connectivity index (χ2v) is 7.59. The first-order valence-corrected chi connectivity index (χ1v) is 9.56. The summed E-state index contributed by atoms with van der Waals surface area (Å²) in [5.74, 6) is -1.35. The van der Waals surface area contributed by atoms with Crippen LogP contribution in [0.1, 0.15) is 38.8 Å². The lowest BCUT2D eigenvalue weighted by Crippen LogP contribution is -2.36. The molecule has 25 heavy (non-hydrogen) atoms. The summed E-state index contributed by atoms with van der Waals surface area (Å²) >= 11 is 2.90. The first-order chi connectivity index (χ1) is 12.0. The minimum absolute atomic E-state index is 0.0191. The summed E-state index contributed by atoms with van der Waals surface area (Å²) in [6.07, 6.45) is 1.16. The van der Waals surface area contributed by atoms with Crippen molar-refractivity contribution in [2.45, 2.75) is 32.4 Å². The van der Waals surface area contributed by atoms with Crippen LogP contribution in [0.2, 0.25) is 0 Å². The van der Waals surface area contributed by atoms with Gasteiger partial charge in [0.15, 0.2) is 5.69 Å². The highest BCUT2D eigenvalue weighted by Gasteiger charge is 2.21. The van der Waals surface area contributed by atoms with Crippen LogP contribution in [0.15, 0.2) is 16.8 Å². The number of carboxylic acid groups (broad SMARTS) is 1. The number of fused-ring (bicyclic) bond motifs is 1. The third-order valence-corrected chi connectivity index (χ3v) is 5.81. The van der Waals surface area contributed by atoms with E-state index in [1.807, 2.05) is 11.4 Å². The van der Waals surface area contributed by atoms with Crippen LogP contribution in [0.5, 0.6) is 0 Å². The molecule has 2 N–H and O–H groups in total. The molecule has 0 unspecified atom stereocenters. The number of aromatic nitrogens is 1. The number of nitrogens with zero attached hydrogens (tertiary/aromatic N) is 2. The van der Waals surface area contributed by atoms with Gasteiger partial charge < -0.3 is 15.3 Å². The first-order valence-electron chi connectivity index (χ1n) is 7.80. The van der Waals surface area contributed by atoms with E-state index in [0.717, 1.165) is 6.42 Å². The number of thiophene rings is 1. The van der Waals surface area contributed by atoms with Gasteiger partial charge in [0.1, 0.15) is 5.01 Å². The van der Waals surface area contributed by atoms with E-state index in [4.69, 9.17) is 5.11 Å². The van der Waals surface area contributed by atoms with Gasteiger partial charge in [-0.1, -0.05) is 0 Å². The summed E-state index contributed by atoms with van der Waals surface area (Å²) in [6, 6.07) is 2.05. The number of carbonyl (C=O) groups excluding carboxylic acids is 2. The zero-order valence-corrected chi connectivity index (χ0v) is 15.0. The minimum Gasteiger partial charge on any atom is -0.476 e. The molecule has 0 saturated carbocycles. The van der Waals surface area contributed by atoms with Crippen molar-refractivity contribution < 1.29 is 19.5 Å². The molecule has 0 spiro atoms. The third kappa shape index (κ3) is 4.43. The SMILES string of the molecule is O=C(CCC(=O)N1CCc2sccc2C1)NCc1nc(C(=O)O)cs1. The molecule has 2 amide bonds. The van der Waals surface area contributed by atoms with Crippen molar-refractivity contribution in [2.75, 3.05) is 6.54 Å². The topological polar surface area (TPSA) is 99.6 Å². The first kappa shape index (κ1) is 17.6. The van der Waals surface area contributed by atoms with Crippen LogP contribution in [-0.4, -0.2) is 39.3 Å². The normalized spacial score (nSPS) is 13.4. The number of nitrogens with one attached hydrogen (secondary N) is 1. The molecule has 0 aliphatic carbocycles. The molecule has 3 heterocycles. The lowest BCUT2D eigenvalue weighted by Gasteiger charge is -2.27. The average Bonchev–Trinajstić information content (AvgIpc) is 3.26. The van der Waals surface area contributed by atoms with Gasteiger partial charge in [0.25, 0.3) is 0 Å². The maximum Gasteiger partial charge on any atom is 0.355 e. The summed E-state index contributed by atoms with van der Waals surface area (Å²) in [5, 5.41) is 15.5. The van der Waals surface area contributed by atoms with Crippen molar-refractivity contribution in [3.63, 3.8) is 0 Å². The second kappa shape index (κ2) is 7.75. The largest absolute Gasteiger partial charge is 0.476 e. The van der Waals surface area contributed by atoms with Crippen molar-refractivity contribution in [3.8, 4) is 0 Å². The molecule has 2 aromatic rings. The van der Waals surface area contributed by atoms with Gasteiger partial charge >= 0.3 is 5.97 Å². The van der Waals surface area contributed by atoms with E-state index >= 15 is 0 Å². The zero-order valence-electron chi connectivity index (χ0n) is 13.4. The maximum atomic E-state index is 12.3. The van der Waals surface area contributed by atoms with Crippen LogP contribution in [0.4, 0.5) is 0 Å². The number of aromatic carboxylic acids is 1. The molecule has 9 heteroatoms. The molecule has 0 atom stereocenters. The summed E-state index contributed by atoms with van der Waals surface area (Å²) in [7, 11) is 0. The molecular weight excluding hydrogens is 362 g/mol. The van der Waals surface area contributed by atoms with Crippen molar-refractivity contribution >= 4 is 40.5 Å². The molecule has 1 aliphatic heterocycles. The third-order valence-electron chi connectivity index (χ3n) is 3.93. The monoisotopic (exact) mass is 379 g/mol. The molecule has 1 aliphatic rings. The predicted molar refractivity (Wildman–Crippen MR) is 93.6 cm³/mol. The van der Waals surface area contributed by atoms with E-state index in [-0.39, 0.29) is 36.9 Å². The molecule has 3 rings (SSSR count). The van der Waals surface area contributed by atoms with Gasteiger partial charge in [-0.25, -0.2) is 9.78 Å². The van der Waals surface area contributed by atoms with Crippen molar-refractivity contribution in [1.29, 1.82) is 0 Å². The van der Waals surface area contributed by atoms with Crippen LogP contribution < -0.4 is 5.32 Å². The van der Waals surface area contributed by atoms with Crippen LogP contribution in [0.3, 0.4) is 0 Å². The summed E-state index contributed by atoms with van der Waals surface area (Å²) in [4.78, 5) is 41.9. The number of carboxylic acids is 1. The second-order valence-electron chi connectivity index (χ2n) is 5.64. The molecule has 7 nitrogen and oxygen atoms in total. The number of thiazole rings is 1. The number of carbonyl (C=O) groups is 3. The Balaban J connectivity index is 1.41. The van der Waals surface area contributed by atoms with Crippen molar-refractivity contribution in [1.82, 2.24) is 15.2 Å². The Morgan fingerprint density at radius 2 is 2.12 bits per heavy atom. The van der Waals surface area contributed by atoms with E-state index in [2.05, 4.69) is 10.3 Å². The number of rotatable bonds is 6. The Morgan fingerprint density at radius 1 is 1.28 bits per heavy atom. The minimum atomic E-state index is -1.09. The Morgan fingerprint density at radius 3 is 2.88 bits per heavy atom. The van der Waals surface area contributed by atoms with Crippen molar-refractivity contribution in [3.05, 3.63) is 38.0 Å². The highest BCUT2D eigenvalue weighted by molar-refractivity contribution is 7.10. The lowest BCUT2D eigenvalue weighted by atomic mass is 10.1. The van der Waals surface area contributed by atoms with Crippen LogP contribution in [-0.2, 0) is 29.1 Å². The van der Waals surface area contributed by atoms with Crippen LogP contribution >= 0.6 is 22.7 Å². The van der Waals surface area contributed by atoms with Gasteiger partial charge in [-0.05, 0) is 23.4 Å². The van der Waals surface area contributed by atoms with Gasteiger partial charge in [-0.15, -0.1) is 22.7 Å². The Kier molecular flexibility index (Phi) is 5.44. The van der Waals surface area contributed by atoms with E-state index in [0.29, 0.717) is 18.1 Å². The van der Waals surface area contributed by atoms with Crippen LogP contribution in [0.25, 0.3) is 0 Å². The number of hydrogen-bond acceptors (Lipinski definition) is 6. The molecule has 2 aromatic heterocycles. The van der Waals surface area contributed by atoms with Gasteiger partial charge in [-0.2, -0.15) is 0 Å². The smallest absolute Gasteiger partial charge is 0.355 e. The summed E-state index contributed by atoms with van der Waals surface area (Å²) < 4.78 is 0. The van der Waals surface area contributed by atoms with E-state index < -0.39 is 5.97 Å². The standard InChI is InChI=1S/C16H17N3O4S2/c20-13(17-7-14-18-11(9-25-14)16(22)23)1-2-15(21)19-5-3-12-10(8-19)4-6-24-12/h4,6,9H,1-3,5,7-8H2,(H,17,20)(H,22,23). The Hall–Kier alpha value is -2.26. The molecular formula is C16H17N3O4S2. The summed E-state index contributed by atoms with van der Waals surface area (Å²) in [6.45, 7) is 1.49. The highest BCUT2D eigenvalue weighted by atomic mass is 32.1. The fraction of sp³-hybridized carbons (Fsp3) is 0.375. The molecule has 0 bridgehead atoms. The average molecular weight is 379 g/mol. The van der Waals surface area contributed by atoms with Gasteiger partial charge in [-0.3, -0.25) is 9.59 Å². The lowest BCUT2D eigenvalue weighted by molar-refractivity contribution is -0.134. The maximum absolute atomic E-state index is 12.3. The van der Waals surface area contributed by atoms with E-state index in [9.17, 15) is 14.4 Å². The highest BCUT2D eigenvalue weighted by Crippen LogP contribution is 2.24. The Bertz CT molecular complexity index is 799. The van der Waals surface area contributed by atoms with Crippen LogP contribution in [0, 0.1) is 0 Å².